The Hall–Kier alpha value is -2.54. The highest BCUT2D eigenvalue weighted by molar-refractivity contribution is 5.42. The first-order valence-electron chi connectivity index (χ1n) is 6.05. The van der Waals surface area contributed by atoms with E-state index < -0.39 is 0 Å². The number of ether oxygens (including phenoxy) is 1. The predicted octanol–water partition coefficient (Wildman–Crippen LogP) is 2.62. The molecule has 96 valence electrons. The second kappa shape index (κ2) is 6.41. The fourth-order valence-corrected chi connectivity index (χ4v) is 1.83. The number of hydrogen-bond donors (Lipinski definition) is 1. The molecular weight excluding hydrogens is 238 g/mol. The van der Waals surface area contributed by atoms with Crippen molar-refractivity contribution < 1.29 is 4.74 Å². The molecule has 0 aliphatic rings. The third kappa shape index (κ3) is 3.46. The summed E-state index contributed by atoms with van der Waals surface area (Å²) >= 11 is 0. The molecule has 19 heavy (non-hydrogen) atoms. The molecular formula is C15H15N3O. The molecule has 1 aromatic heterocycles. The molecule has 1 aromatic carbocycles. The molecule has 0 saturated carbocycles. The van der Waals surface area contributed by atoms with E-state index >= 15 is 0 Å². The normalized spacial score (nSPS) is 9.68. The minimum Gasteiger partial charge on any atom is -0.496 e. The molecule has 0 radical (unpaired) electrons. The van der Waals surface area contributed by atoms with Crippen LogP contribution in [0.1, 0.15) is 11.1 Å². The number of aromatic nitrogens is 1. The minimum absolute atomic E-state index is 0.606. The number of rotatable bonds is 5. The van der Waals surface area contributed by atoms with Gasteiger partial charge in [0.05, 0.1) is 18.7 Å². The maximum absolute atomic E-state index is 8.81. The molecule has 0 aliphatic heterocycles. The average Bonchev–Trinajstić information content (AvgIpc) is 2.48. The topological polar surface area (TPSA) is 57.9 Å². The monoisotopic (exact) mass is 253 g/mol. The second-order valence-electron chi connectivity index (χ2n) is 4.03. The number of nitrogens with zero attached hydrogens (tertiary/aromatic N) is 2. The van der Waals surface area contributed by atoms with Crippen molar-refractivity contribution in [1.29, 1.82) is 5.26 Å². The summed E-state index contributed by atoms with van der Waals surface area (Å²) in [6.07, 6.45) is 2.46. The first-order valence-corrected chi connectivity index (χ1v) is 6.05. The van der Waals surface area contributed by atoms with Gasteiger partial charge in [0.1, 0.15) is 11.6 Å². The molecule has 4 heteroatoms. The van der Waals surface area contributed by atoms with Gasteiger partial charge in [0.15, 0.2) is 0 Å². The van der Waals surface area contributed by atoms with Gasteiger partial charge in [-0.1, -0.05) is 18.2 Å². The lowest BCUT2D eigenvalue weighted by Crippen LogP contribution is -2.07. The standard InChI is InChI=1S/C15H15N3O/c1-19-14-5-3-2-4-13(14)7-9-18-15-10-12(11-16)6-8-17-15/h2-6,8,10H,7,9H2,1H3,(H,17,18). The zero-order valence-electron chi connectivity index (χ0n) is 10.8. The lowest BCUT2D eigenvalue weighted by atomic mass is 10.1. The van der Waals surface area contributed by atoms with Crippen molar-refractivity contribution in [2.45, 2.75) is 6.42 Å². The van der Waals surface area contributed by atoms with Crippen LogP contribution in [0.25, 0.3) is 0 Å². The quantitative estimate of drug-likeness (QED) is 0.889. The van der Waals surface area contributed by atoms with Crippen molar-refractivity contribution in [2.75, 3.05) is 19.0 Å². The number of hydrogen-bond acceptors (Lipinski definition) is 4. The van der Waals surface area contributed by atoms with Gasteiger partial charge < -0.3 is 10.1 Å². The van der Waals surface area contributed by atoms with Gasteiger partial charge in [0.2, 0.25) is 0 Å². The SMILES string of the molecule is COc1ccccc1CCNc1cc(C#N)ccn1. The van der Waals surface area contributed by atoms with E-state index in [-0.39, 0.29) is 0 Å². The summed E-state index contributed by atoms with van der Waals surface area (Å²) in [7, 11) is 1.67. The highest BCUT2D eigenvalue weighted by atomic mass is 16.5. The van der Waals surface area contributed by atoms with Gasteiger partial charge in [0, 0.05) is 12.7 Å². The van der Waals surface area contributed by atoms with Crippen LogP contribution in [0.5, 0.6) is 5.75 Å². The lowest BCUT2D eigenvalue weighted by Gasteiger charge is -2.09. The zero-order valence-corrected chi connectivity index (χ0v) is 10.8. The van der Waals surface area contributed by atoms with Crippen LogP contribution >= 0.6 is 0 Å². The maximum Gasteiger partial charge on any atom is 0.127 e. The number of nitrogens with one attached hydrogen (secondary N) is 1. The van der Waals surface area contributed by atoms with Gasteiger partial charge in [-0.05, 0) is 30.2 Å². The molecule has 2 rings (SSSR count). The largest absolute Gasteiger partial charge is 0.496 e. The smallest absolute Gasteiger partial charge is 0.127 e. The van der Waals surface area contributed by atoms with Crippen molar-refractivity contribution in [3.63, 3.8) is 0 Å². The van der Waals surface area contributed by atoms with Crippen LogP contribution in [0.4, 0.5) is 5.82 Å². The van der Waals surface area contributed by atoms with E-state index in [2.05, 4.69) is 16.4 Å². The summed E-state index contributed by atoms with van der Waals surface area (Å²) in [5.41, 5.74) is 1.75. The van der Waals surface area contributed by atoms with Crippen LogP contribution in [-0.2, 0) is 6.42 Å². The Balaban J connectivity index is 1.94. The summed E-state index contributed by atoms with van der Waals surface area (Å²) in [6.45, 7) is 0.738. The van der Waals surface area contributed by atoms with Gasteiger partial charge in [-0.25, -0.2) is 4.98 Å². The van der Waals surface area contributed by atoms with E-state index in [0.29, 0.717) is 11.4 Å². The highest BCUT2D eigenvalue weighted by Crippen LogP contribution is 2.17. The Morgan fingerprint density at radius 3 is 2.95 bits per heavy atom. The molecule has 0 saturated heterocycles. The summed E-state index contributed by atoms with van der Waals surface area (Å²) in [6, 6.07) is 13.5. The molecule has 0 fully saturated rings. The molecule has 4 nitrogen and oxygen atoms in total. The van der Waals surface area contributed by atoms with Crippen LogP contribution in [0, 0.1) is 11.3 Å². The van der Waals surface area contributed by atoms with Gasteiger partial charge >= 0.3 is 0 Å². The fraction of sp³-hybridized carbons (Fsp3) is 0.200. The van der Waals surface area contributed by atoms with E-state index in [1.54, 1.807) is 25.4 Å². The molecule has 2 aromatic rings. The zero-order chi connectivity index (χ0) is 13.5. The van der Waals surface area contributed by atoms with Crippen LogP contribution in [0.3, 0.4) is 0 Å². The number of nitriles is 1. The van der Waals surface area contributed by atoms with E-state index in [9.17, 15) is 0 Å². The first kappa shape index (κ1) is 12.9. The third-order valence-electron chi connectivity index (χ3n) is 2.78. The average molecular weight is 253 g/mol. The van der Waals surface area contributed by atoms with E-state index in [1.165, 1.54) is 0 Å². The Morgan fingerprint density at radius 2 is 2.16 bits per heavy atom. The van der Waals surface area contributed by atoms with Crippen molar-refractivity contribution in [3.8, 4) is 11.8 Å². The number of para-hydroxylation sites is 1. The Kier molecular flexibility index (Phi) is 4.35. The van der Waals surface area contributed by atoms with E-state index in [1.807, 2.05) is 24.3 Å². The second-order valence-corrected chi connectivity index (χ2v) is 4.03. The Morgan fingerprint density at radius 1 is 1.32 bits per heavy atom. The maximum atomic E-state index is 8.81. The highest BCUT2D eigenvalue weighted by Gasteiger charge is 2.01. The van der Waals surface area contributed by atoms with Crippen LogP contribution in [-0.4, -0.2) is 18.6 Å². The fourth-order valence-electron chi connectivity index (χ4n) is 1.83. The Bertz CT molecular complexity index is 590. The van der Waals surface area contributed by atoms with E-state index in [0.717, 1.165) is 24.3 Å². The van der Waals surface area contributed by atoms with Crippen molar-refractivity contribution in [3.05, 3.63) is 53.7 Å². The molecule has 0 bridgehead atoms. The van der Waals surface area contributed by atoms with Gasteiger partial charge in [-0.15, -0.1) is 0 Å². The molecule has 1 N–H and O–H groups in total. The first-order chi connectivity index (χ1) is 9.33. The summed E-state index contributed by atoms with van der Waals surface area (Å²) in [5, 5.41) is 12.0. The van der Waals surface area contributed by atoms with Crippen molar-refractivity contribution in [2.24, 2.45) is 0 Å². The predicted molar refractivity (Wildman–Crippen MR) is 74.1 cm³/mol. The minimum atomic E-state index is 0.606. The van der Waals surface area contributed by atoms with Crippen LogP contribution in [0.2, 0.25) is 0 Å². The van der Waals surface area contributed by atoms with E-state index in [4.69, 9.17) is 10.00 Å². The van der Waals surface area contributed by atoms with Gasteiger partial charge in [-0.3, -0.25) is 0 Å². The summed E-state index contributed by atoms with van der Waals surface area (Å²) in [4.78, 5) is 4.17. The molecule has 0 amide bonds. The molecule has 0 spiro atoms. The Labute approximate surface area is 112 Å². The lowest BCUT2D eigenvalue weighted by molar-refractivity contribution is 0.410. The molecule has 0 aliphatic carbocycles. The van der Waals surface area contributed by atoms with Gasteiger partial charge in [-0.2, -0.15) is 5.26 Å². The summed E-state index contributed by atoms with van der Waals surface area (Å²) in [5.74, 6) is 1.61. The van der Waals surface area contributed by atoms with Crippen molar-refractivity contribution >= 4 is 5.82 Å². The van der Waals surface area contributed by atoms with Crippen molar-refractivity contribution in [1.82, 2.24) is 4.98 Å². The molecule has 1 heterocycles. The molecule has 0 atom stereocenters. The number of methoxy groups -OCH3 is 1. The molecule has 0 unspecified atom stereocenters. The third-order valence-corrected chi connectivity index (χ3v) is 2.78. The summed E-state index contributed by atoms with van der Waals surface area (Å²) < 4.78 is 5.30. The number of pyridine rings is 1. The van der Waals surface area contributed by atoms with Crippen LogP contribution in [0.15, 0.2) is 42.6 Å². The van der Waals surface area contributed by atoms with Gasteiger partial charge in [0.25, 0.3) is 0 Å². The van der Waals surface area contributed by atoms with Crippen LogP contribution < -0.4 is 10.1 Å². The number of anilines is 1. The number of benzene rings is 1.